The van der Waals surface area contributed by atoms with E-state index in [4.69, 9.17) is 2.74 Å². The molecule has 10 heteroatoms. The summed E-state index contributed by atoms with van der Waals surface area (Å²) in [5, 5.41) is 4.08. The number of fused-ring (bicyclic) bond motifs is 1. The molecule has 0 radical (unpaired) electrons. The minimum absolute atomic E-state index is 0.0919. The molecular formula is C24H23F3N6O. The van der Waals surface area contributed by atoms with Crippen LogP contribution in [0.4, 0.5) is 30.5 Å². The first-order valence-corrected chi connectivity index (χ1v) is 10.7. The maximum Gasteiger partial charge on any atom is 0.573 e. The molecule has 0 amide bonds. The van der Waals surface area contributed by atoms with Crippen LogP contribution in [0.1, 0.15) is 2.74 Å². The van der Waals surface area contributed by atoms with Crippen LogP contribution in [0.2, 0.25) is 0 Å². The summed E-state index contributed by atoms with van der Waals surface area (Å²) in [5.74, 6) is -0.290. The number of hydrogen-bond donors (Lipinski definition) is 2. The van der Waals surface area contributed by atoms with Gasteiger partial charge in [-0.05, 0) is 48.2 Å². The van der Waals surface area contributed by atoms with E-state index in [1.165, 1.54) is 12.3 Å². The van der Waals surface area contributed by atoms with Crippen LogP contribution in [-0.2, 0) is 0 Å². The van der Waals surface area contributed by atoms with Crippen molar-refractivity contribution in [1.82, 2.24) is 19.9 Å². The Labute approximate surface area is 197 Å². The lowest BCUT2D eigenvalue weighted by atomic mass is 10.1. The lowest BCUT2D eigenvalue weighted by molar-refractivity contribution is -0.274. The Bertz CT molecular complexity index is 1400. The van der Waals surface area contributed by atoms with Crippen LogP contribution in [0.25, 0.3) is 22.0 Å². The predicted molar refractivity (Wildman–Crippen MR) is 125 cm³/mol. The molecule has 34 heavy (non-hydrogen) atoms. The number of piperazine rings is 1. The van der Waals surface area contributed by atoms with Crippen LogP contribution < -0.4 is 15.0 Å². The first kappa shape index (κ1) is 19.7. The zero-order valence-corrected chi connectivity index (χ0v) is 18.3. The number of rotatable bonds is 5. The van der Waals surface area contributed by atoms with Crippen molar-refractivity contribution in [3.63, 3.8) is 0 Å². The Morgan fingerprint density at radius 2 is 1.82 bits per heavy atom. The van der Waals surface area contributed by atoms with Crippen LogP contribution in [0, 0.1) is 0 Å². The molecule has 2 N–H and O–H groups in total. The number of halogens is 3. The summed E-state index contributed by atoms with van der Waals surface area (Å²) < 4.78 is 59.4. The van der Waals surface area contributed by atoms with E-state index in [2.05, 4.69) is 34.8 Å². The number of H-pyrrole nitrogens is 1. The summed E-state index contributed by atoms with van der Waals surface area (Å²) in [6, 6.07) is 11.4. The smallest absolute Gasteiger partial charge is 0.404 e. The van der Waals surface area contributed by atoms with Crippen LogP contribution in [0.5, 0.6) is 5.75 Å². The molecule has 4 aromatic rings. The van der Waals surface area contributed by atoms with Gasteiger partial charge in [0, 0.05) is 56.0 Å². The largest absolute Gasteiger partial charge is 0.573 e. The molecule has 1 aliphatic rings. The third-order valence-corrected chi connectivity index (χ3v) is 5.67. The van der Waals surface area contributed by atoms with E-state index < -0.39 is 6.36 Å². The first-order valence-electron chi connectivity index (χ1n) is 11.7. The number of alkyl halides is 3. The number of hydrogen-bond acceptors (Lipinski definition) is 6. The minimum atomic E-state index is -4.86. The summed E-state index contributed by atoms with van der Waals surface area (Å²) in [5.41, 5.74) is 2.05. The topological polar surface area (TPSA) is 69.3 Å². The van der Waals surface area contributed by atoms with E-state index in [1.807, 2.05) is 7.05 Å². The van der Waals surface area contributed by atoms with Crippen molar-refractivity contribution >= 4 is 28.1 Å². The van der Waals surface area contributed by atoms with Crippen LogP contribution in [0.3, 0.4) is 0 Å². The third kappa shape index (κ3) is 4.91. The van der Waals surface area contributed by atoms with Gasteiger partial charge >= 0.3 is 6.36 Å². The van der Waals surface area contributed by atoms with Crippen molar-refractivity contribution in [3.05, 3.63) is 61.0 Å². The molecule has 176 valence electrons. The number of ether oxygens (including phenoxy) is 1. The second-order valence-corrected chi connectivity index (χ2v) is 8.04. The van der Waals surface area contributed by atoms with E-state index in [0.717, 1.165) is 31.9 Å². The number of nitrogens with one attached hydrogen (secondary N) is 2. The van der Waals surface area contributed by atoms with Gasteiger partial charge in [-0.3, -0.25) is 0 Å². The highest BCUT2D eigenvalue weighted by Gasteiger charge is 2.32. The number of aromatic nitrogens is 3. The summed E-state index contributed by atoms with van der Waals surface area (Å²) in [4.78, 5) is 15.6. The molecule has 2 aromatic heterocycles. The van der Waals surface area contributed by atoms with E-state index in [1.54, 1.807) is 36.4 Å². The lowest BCUT2D eigenvalue weighted by Crippen LogP contribution is -2.44. The Balaban J connectivity index is 1.47. The highest BCUT2D eigenvalue weighted by atomic mass is 19.4. The molecule has 2 aromatic carbocycles. The molecular weight excluding hydrogens is 445 g/mol. The van der Waals surface area contributed by atoms with Crippen molar-refractivity contribution in [2.75, 3.05) is 43.4 Å². The molecule has 5 rings (SSSR count). The summed E-state index contributed by atoms with van der Waals surface area (Å²) >= 11 is 0. The van der Waals surface area contributed by atoms with Crippen LogP contribution >= 0.6 is 0 Å². The van der Waals surface area contributed by atoms with Gasteiger partial charge in [0.05, 0.1) is 14.1 Å². The highest BCUT2D eigenvalue weighted by molar-refractivity contribution is 5.86. The first-order chi connectivity index (χ1) is 17.2. The van der Waals surface area contributed by atoms with Gasteiger partial charge in [-0.1, -0.05) is 12.1 Å². The van der Waals surface area contributed by atoms with Crippen LogP contribution in [0.15, 0.2) is 61.0 Å². The van der Waals surface area contributed by atoms with Gasteiger partial charge in [-0.2, -0.15) is 0 Å². The highest BCUT2D eigenvalue weighted by Crippen LogP contribution is 2.35. The van der Waals surface area contributed by atoms with Gasteiger partial charge in [0.25, 0.3) is 0 Å². The van der Waals surface area contributed by atoms with Gasteiger partial charge in [0.15, 0.2) is 5.75 Å². The second kappa shape index (κ2) is 8.86. The Morgan fingerprint density at radius 3 is 2.62 bits per heavy atom. The van der Waals surface area contributed by atoms with Gasteiger partial charge in [-0.15, -0.1) is 13.2 Å². The standard InChI is InChI=1S/C24H23F3N6O/c1-32-8-10-33(11-9-32)19-4-5-22(34-24(25,26)27)21(13-19)31-23-29-7-6-20(30-23)16-2-3-17-14-28-15-18(17)12-16/h2-7,12-15,28H,8-11H2,1H3,(H,29,30,31)/i14D,15D. The van der Waals surface area contributed by atoms with E-state index in [0.29, 0.717) is 22.0 Å². The molecule has 0 aliphatic carbocycles. The molecule has 7 nitrogen and oxygen atoms in total. The maximum absolute atomic E-state index is 13.1. The molecule has 3 heterocycles. The van der Waals surface area contributed by atoms with Crippen LogP contribution in [-0.4, -0.2) is 59.4 Å². The Hall–Kier alpha value is -3.79. The molecule has 1 fully saturated rings. The van der Waals surface area contributed by atoms with Gasteiger partial charge < -0.3 is 24.8 Å². The minimum Gasteiger partial charge on any atom is -0.404 e. The maximum atomic E-state index is 13.1. The number of nitrogens with zero attached hydrogens (tertiary/aromatic N) is 4. The molecule has 1 aliphatic heterocycles. The van der Waals surface area contributed by atoms with E-state index in [-0.39, 0.29) is 29.7 Å². The SMILES string of the molecule is [2H]c1[nH]c([2H])c2cc(-c3ccnc(Nc4cc(N5CCN(C)CC5)ccc4OC(F)(F)F)n3)ccc12. The average Bonchev–Trinajstić information content (AvgIpc) is 3.13. The normalized spacial score (nSPS) is 15.8. The summed E-state index contributed by atoms with van der Waals surface area (Å²) in [7, 11) is 2.03. The fourth-order valence-electron chi connectivity index (χ4n) is 3.87. The zero-order valence-electron chi connectivity index (χ0n) is 20.3. The second-order valence-electron chi connectivity index (χ2n) is 8.04. The zero-order chi connectivity index (χ0) is 25.4. The molecule has 0 saturated carbocycles. The Kier molecular flexibility index (Phi) is 5.13. The monoisotopic (exact) mass is 470 g/mol. The van der Waals surface area contributed by atoms with E-state index in [9.17, 15) is 13.2 Å². The number of aromatic amines is 1. The number of likely N-dealkylation sites (N-methyl/N-ethyl adjacent to an activating group) is 1. The van der Waals surface area contributed by atoms with E-state index >= 15 is 0 Å². The van der Waals surface area contributed by atoms with Gasteiger partial charge in [0.2, 0.25) is 5.95 Å². The van der Waals surface area contributed by atoms with Crippen molar-refractivity contribution in [2.24, 2.45) is 0 Å². The van der Waals surface area contributed by atoms with Crippen molar-refractivity contribution in [3.8, 4) is 17.0 Å². The van der Waals surface area contributed by atoms with Crippen molar-refractivity contribution in [1.29, 1.82) is 0 Å². The summed E-state index contributed by atoms with van der Waals surface area (Å²) in [6.45, 7) is 3.20. The van der Waals surface area contributed by atoms with Crippen molar-refractivity contribution < 1.29 is 20.6 Å². The predicted octanol–water partition coefficient (Wildman–Crippen LogP) is 5.02. The number of anilines is 3. The lowest BCUT2D eigenvalue weighted by Gasteiger charge is -2.34. The fraction of sp³-hybridized carbons (Fsp3) is 0.250. The molecule has 0 spiro atoms. The third-order valence-electron chi connectivity index (χ3n) is 5.67. The molecule has 0 atom stereocenters. The molecule has 1 saturated heterocycles. The van der Waals surface area contributed by atoms with Gasteiger partial charge in [-0.25, -0.2) is 9.97 Å². The summed E-state index contributed by atoms with van der Waals surface area (Å²) in [6.07, 6.45) is -3.08. The Morgan fingerprint density at radius 1 is 1.03 bits per heavy atom. The number of benzene rings is 2. The fourth-order valence-corrected chi connectivity index (χ4v) is 3.87. The molecule has 0 bridgehead atoms. The quantitative estimate of drug-likeness (QED) is 0.427. The van der Waals surface area contributed by atoms with Gasteiger partial charge in [0.1, 0.15) is 0 Å². The van der Waals surface area contributed by atoms with Crippen molar-refractivity contribution in [2.45, 2.75) is 6.36 Å². The molecule has 0 unspecified atom stereocenters. The average molecular weight is 470 g/mol.